The van der Waals surface area contributed by atoms with Crippen LogP contribution in [-0.4, -0.2) is 70.7 Å². The second kappa shape index (κ2) is 7.53. The van der Waals surface area contributed by atoms with E-state index in [0.29, 0.717) is 32.5 Å². The summed E-state index contributed by atoms with van der Waals surface area (Å²) in [6.45, 7) is 3.86. The van der Waals surface area contributed by atoms with Crippen LogP contribution >= 0.6 is 0 Å². The van der Waals surface area contributed by atoms with E-state index in [1.54, 1.807) is 17.3 Å². The molecule has 2 aliphatic rings. The zero-order valence-corrected chi connectivity index (χ0v) is 14.5. The first kappa shape index (κ1) is 17.9. The summed E-state index contributed by atoms with van der Waals surface area (Å²) in [4.78, 5) is 25.8. The van der Waals surface area contributed by atoms with Crippen molar-refractivity contribution in [3.05, 3.63) is 18.0 Å². The Labute approximate surface area is 146 Å². The molecule has 8 heteroatoms. The molecule has 0 bridgehead atoms. The van der Waals surface area contributed by atoms with Crippen LogP contribution < -0.4 is 0 Å². The van der Waals surface area contributed by atoms with E-state index < -0.39 is 11.5 Å². The van der Waals surface area contributed by atoms with Crippen LogP contribution in [0.5, 0.6) is 0 Å². The third-order valence-electron chi connectivity index (χ3n) is 5.04. The lowest BCUT2D eigenvalue weighted by atomic mass is 9.87. The summed E-state index contributed by atoms with van der Waals surface area (Å²) in [5.41, 5.74) is -0.162. The van der Waals surface area contributed by atoms with Gasteiger partial charge < -0.3 is 19.5 Å². The number of likely N-dealkylation sites (tertiary alicyclic amines) is 1. The second-order valence-corrected chi connectivity index (χ2v) is 6.83. The fourth-order valence-corrected chi connectivity index (χ4v) is 3.46. The number of carbonyl (C=O) groups excluding carboxylic acids is 1. The molecule has 0 radical (unpaired) electrons. The van der Waals surface area contributed by atoms with Gasteiger partial charge in [0.15, 0.2) is 5.54 Å². The summed E-state index contributed by atoms with van der Waals surface area (Å²) in [7, 11) is 0. The maximum absolute atomic E-state index is 12.3. The number of aromatic nitrogens is 2. The van der Waals surface area contributed by atoms with Crippen molar-refractivity contribution in [3.63, 3.8) is 0 Å². The number of hydrogen-bond acceptors (Lipinski definition) is 5. The first-order valence-electron chi connectivity index (χ1n) is 8.73. The average Bonchev–Trinajstić information content (AvgIpc) is 3.26. The zero-order chi connectivity index (χ0) is 17.9. The van der Waals surface area contributed by atoms with E-state index in [0.717, 1.165) is 25.0 Å². The molecule has 1 amide bonds. The molecule has 0 saturated carbocycles. The molecule has 138 valence electrons. The van der Waals surface area contributed by atoms with Crippen LogP contribution in [0.1, 0.15) is 31.2 Å². The van der Waals surface area contributed by atoms with Crippen molar-refractivity contribution >= 4 is 11.9 Å². The van der Waals surface area contributed by atoms with Gasteiger partial charge in [0, 0.05) is 38.7 Å². The number of carboxylic acid groups (broad SMARTS) is 1. The van der Waals surface area contributed by atoms with Crippen LogP contribution in [0.25, 0.3) is 0 Å². The SMILES string of the molecule is Cc1cnn(C2(C(=O)O)CCN(C(=O)COCC3CCCO3)CC2)c1. The Morgan fingerprint density at radius 3 is 2.76 bits per heavy atom. The topological polar surface area (TPSA) is 93.9 Å². The van der Waals surface area contributed by atoms with Crippen molar-refractivity contribution in [3.8, 4) is 0 Å². The second-order valence-electron chi connectivity index (χ2n) is 6.83. The van der Waals surface area contributed by atoms with Crippen LogP contribution in [0.2, 0.25) is 0 Å². The molecule has 3 heterocycles. The van der Waals surface area contributed by atoms with E-state index in [4.69, 9.17) is 9.47 Å². The molecule has 2 saturated heterocycles. The van der Waals surface area contributed by atoms with Crippen molar-refractivity contribution in [1.29, 1.82) is 0 Å². The Morgan fingerprint density at radius 1 is 1.44 bits per heavy atom. The van der Waals surface area contributed by atoms with E-state index in [2.05, 4.69) is 5.10 Å². The van der Waals surface area contributed by atoms with E-state index in [1.807, 2.05) is 6.92 Å². The maximum Gasteiger partial charge on any atom is 0.331 e. The minimum absolute atomic E-state index is 0.0147. The monoisotopic (exact) mass is 351 g/mol. The van der Waals surface area contributed by atoms with Crippen molar-refractivity contribution in [1.82, 2.24) is 14.7 Å². The van der Waals surface area contributed by atoms with E-state index >= 15 is 0 Å². The number of aryl methyl sites for hydroxylation is 1. The smallest absolute Gasteiger partial charge is 0.331 e. The highest BCUT2D eigenvalue weighted by atomic mass is 16.5. The molecule has 0 aromatic carbocycles. The molecule has 1 N–H and O–H groups in total. The third-order valence-corrected chi connectivity index (χ3v) is 5.04. The summed E-state index contributed by atoms with van der Waals surface area (Å²) < 4.78 is 12.5. The molecule has 3 rings (SSSR count). The number of nitrogens with zero attached hydrogens (tertiary/aromatic N) is 3. The van der Waals surface area contributed by atoms with Crippen molar-refractivity contribution in [2.24, 2.45) is 0 Å². The molecule has 25 heavy (non-hydrogen) atoms. The summed E-state index contributed by atoms with van der Waals surface area (Å²) in [5.74, 6) is -1.01. The summed E-state index contributed by atoms with van der Waals surface area (Å²) in [6.07, 6.45) is 6.18. The van der Waals surface area contributed by atoms with Gasteiger partial charge in [-0.2, -0.15) is 5.10 Å². The number of aliphatic carboxylic acids is 1. The van der Waals surface area contributed by atoms with Crippen LogP contribution in [0.4, 0.5) is 0 Å². The highest BCUT2D eigenvalue weighted by molar-refractivity contribution is 5.80. The van der Waals surface area contributed by atoms with Crippen molar-refractivity contribution < 1.29 is 24.2 Å². The number of ether oxygens (including phenoxy) is 2. The van der Waals surface area contributed by atoms with E-state index in [-0.39, 0.29) is 18.6 Å². The lowest BCUT2D eigenvalue weighted by Gasteiger charge is -2.38. The molecule has 2 aliphatic heterocycles. The van der Waals surface area contributed by atoms with E-state index in [1.165, 1.54) is 4.68 Å². The van der Waals surface area contributed by atoms with Gasteiger partial charge in [-0.15, -0.1) is 0 Å². The van der Waals surface area contributed by atoms with Gasteiger partial charge in [0.1, 0.15) is 6.61 Å². The van der Waals surface area contributed by atoms with Crippen LogP contribution in [0.3, 0.4) is 0 Å². The third kappa shape index (κ3) is 3.85. The van der Waals surface area contributed by atoms with E-state index in [9.17, 15) is 14.7 Å². The largest absolute Gasteiger partial charge is 0.479 e. The highest BCUT2D eigenvalue weighted by Crippen LogP contribution is 2.30. The first-order valence-corrected chi connectivity index (χ1v) is 8.73. The molecular formula is C17H25N3O5. The van der Waals surface area contributed by atoms with Crippen molar-refractivity contribution in [2.45, 2.75) is 44.2 Å². The molecule has 2 fully saturated rings. The minimum atomic E-state index is -1.08. The highest BCUT2D eigenvalue weighted by Gasteiger charge is 2.44. The fourth-order valence-electron chi connectivity index (χ4n) is 3.46. The van der Waals surface area contributed by atoms with Gasteiger partial charge in [-0.1, -0.05) is 0 Å². The normalized spacial score (nSPS) is 22.9. The Morgan fingerprint density at radius 2 is 2.20 bits per heavy atom. The predicted octanol–water partition coefficient (Wildman–Crippen LogP) is 0.789. The molecule has 0 spiro atoms. The lowest BCUT2D eigenvalue weighted by Crippen LogP contribution is -2.53. The molecule has 0 aliphatic carbocycles. The minimum Gasteiger partial charge on any atom is -0.479 e. The first-order chi connectivity index (χ1) is 12.0. The summed E-state index contributed by atoms with van der Waals surface area (Å²) >= 11 is 0. The number of amides is 1. The average molecular weight is 351 g/mol. The fraction of sp³-hybridized carbons (Fsp3) is 0.706. The molecule has 1 unspecified atom stereocenters. The number of carbonyl (C=O) groups is 2. The maximum atomic E-state index is 12.3. The molecule has 1 atom stereocenters. The van der Waals surface area contributed by atoms with Gasteiger partial charge in [0.05, 0.1) is 18.9 Å². The Bertz CT molecular complexity index is 616. The molecular weight excluding hydrogens is 326 g/mol. The van der Waals surface area contributed by atoms with Gasteiger partial charge in [0.2, 0.25) is 5.91 Å². The van der Waals surface area contributed by atoms with Gasteiger partial charge in [0.25, 0.3) is 0 Å². The summed E-state index contributed by atoms with van der Waals surface area (Å²) in [5, 5.41) is 13.9. The Balaban J connectivity index is 1.52. The van der Waals surface area contributed by atoms with Crippen LogP contribution in [-0.2, 0) is 24.6 Å². The summed E-state index contributed by atoms with van der Waals surface area (Å²) in [6, 6.07) is 0. The molecule has 8 nitrogen and oxygen atoms in total. The quantitative estimate of drug-likeness (QED) is 0.814. The Kier molecular flexibility index (Phi) is 5.39. The van der Waals surface area contributed by atoms with Crippen LogP contribution in [0, 0.1) is 6.92 Å². The predicted molar refractivity (Wildman–Crippen MR) is 88.2 cm³/mol. The zero-order valence-electron chi connectivity index (χ0n) is 14.5. The molecule has 1 aromatic heterocycles. The number of piperidine rings is 1. The van der Waals surface area contributed by atoms with Gasteiger partial charge in [-0.05, 0) is 25.3 Å². The van der Waals surface area contributed by atoms with Gasteiger partial charge in [-0.25, -0.2) is 4.79 Å². The number of hydrogen-bond donors (Lipinski definition) is 1. The lowest BCUT2D eigenvalue weighted by molar-refractivity contribution is -0.154. The van der Waals surface area contributed by atoms with Gasteiger partial charge in [-0.3, -0.25) is 9.48 Å². The Hall–Kier alpha value is -1.93. The van der Waals surface area contributed by atoms with Gasteiger partial charge >= 0.3 is 5.97 Å². The molecule has 1 aromatic rings. The van der Waals surface area contributed by atoms with Crippen LogP contribution in [0.15, 0.2) is 12.4 Å². The standard InChI is InChI=1S/C17H25N3O5/c1-13-9-18-20(10-13)17(16(22)23)4-6-19(7-5-17)15(21)12-24-11-14-3-2-8-25-14/h9-10,14H,2-8,11-12H2,1H3,(H,22,23). The van der Waals surface area contributed by atoms with Crippen molar-refractivity contribution in [2.75, 3.05) is 32.9 Å². The number of rotatable bonds is 6. The number of carboxylic acids is 1.